The number of hydrogen-bond donors (Lipinski definition) is 4. The Balaban J connectivity index is 0.00000141. The molecule has 1 fully saturated rings. The first-order valence-corrected chi connectivity index (χ1v) is 29.0. The first-order chi connectivity index (χ1) is 32.5. The van der Waals surface area contributed by atoms with E-state index in [1.165, 1.54) is 56.0 Å². The van der Waals surface area contributed by atoms with Crippen LogP contribution in [0, 0.1) is 0 Å². The number of amides is 2. The molecule has 0 spiro atoms. The van der Waals surface area contributed by atoms with Crippen LogP contribution in [0.15, 0.2) is 82.3 Å². The van der Waals surface area contributed by atoms with Crippen molar-refractivity contribution in [2.24, 2.45) is 0 Å². The lowest BCUT2D eigenvalue weighted by Crippen LogP contribution is -2.32. The second kappa shape index (κ2) is 23.7. The van der Waals surface area contributed by atoms with Gasteiger partial charge in [0.15, 0.2) is 5.71 Å². The lowest BCUT2D eigenvalue weighted by Gasteiger charge is -2.27. The van der Waals surface area contributed by atoms with E-state index in [-0.39, 0.29) is 55.0 Å². The van der Waals surface area contributed by atoms with Crippen molar-refractivity contribution in [3.05, 3.63) is 83.6 Å². The average molecular weight is 1060 g/mol. The Morgan fingerprint density at radius 2 is 1.29 bits per heavy atom. The fourth-order valence-electron chi connectivity index (χ4n) is 8.82. The van der Waals surface area contributed by atoms with Gasteiger partial charge in [0.05, 0.1) is 26.7 Å². The summed E-state index contributed by atoms with van der Waals surface area (Å²) >= 11 is 0. The standard InChI is InChI=1S/C40H49N3O16S4.C6H15N/c1-39(2)30-26-28(62(53,54)55)15-17-32(30)41(22-10-24-60(47,48)49)34(39)12-6-4-7-13-35-40(3,21-9-5-8-14-38(46)59-43-36(44)19-20-37(43)45)31-27-29(63(56,57)58)16-18-33(31)42(35)23-11-25-61(50,51)52;1-4-7(5-2)6-3/h4,6-7,12-13,15-18,26-27H,5,8-11,14,19-25H2,1-3H3,(H3-,47,48,49,50,51,52,53,54,55,56,57,58);4-6H2,1-3H3/p+1. The number of hydroxylamine groups is 2. The fraction of sp³-hybridized carbons (Fsp3) is 0.522. The number of nitrogens with zero attached hydrogens (tertiary/aromatic N) is 4. The van der Waals surface area contributed by atoms with Crippen LogP contribution in [0.2, 0.25) is 0 Å². The molecule has 1 atom stereocenters. The van der Waals surface area contributed by atoms with Crippen LogP contribution >= 0.6 is 0 Å². The minimum absolute atomic E-state index is 0.0181. The van der Waals surface area contributed by atoms with E-state index in [4.69, 9.17) is 4.84 Å². The van der Waals surface area contributed by atoms with Crippen molar-refractivity contribution >= 4 is 75.3 Å². The zero-order valence-electron chi connectivity index (χ0n) is 40.3. The quantitative estimate of drug-likeness (QED) is 0.0337. The third-order valence-corrected chi connectivity index (χ3v) is 15.9. The summed E-state index contributed by atoms with van der Waals surface area (Å²) in [6.07, 6.45) is 9.89. The number of hydrogen-bond acceptors (Lipinski definition) is 14. The normalized spacial score (nSPS) is 18.9. The molecule has 1 saturated heterocycles. The summed E-state index contributed by atoms with van der Waals surface area (Å²) in [5.74, 6) is -3.07. The fourth-order valence-corrected chi connectivity index (χ4v) is 10.8. The Labute approximate surface area is 411 Å². The van der Waals surface area contributed by atoms with Crippen LogP contribution in [0.5, 0.6) is 0 Å². The molecule has 0 aromatic heterocycles. The predicted octanol–water partition coefficient (Wildman–Crippen LogP) is 5.79. The van der Waals surface area contributed by atoms with E-state index in [2.05, 4.69) is 25.7 Å². The van der Waals surface area contributed by atoms with Crippen LogP contribution in [-0.2, 0) is 70.5 Å². The number of unbranched alkanes of at least 4 members (excludes halogenated alkanes) is 2. The Morgan fingerprint density at radius 3 is 1.83 bits per heavy atom. The summed E-state index contributed by atoms with van der Waals surface area (Å²) in [6.45, 7) is 15.8. The maximum Gasteiger partial charge on any atom is 0.333 e. The van der Waals surface area contributed by atoms with E-state index in [1.54, 1.807) is 39.9 Å². The molecular formula is C46H65N4O16S4+. The van der Waals surface area contributed by atoms with Gasteiger partial charge in [-0.15, -0.1) is 5.06 Å². The molecule has 2 aromatic rings. The summed E-state index contributed by atoms with van der Waals surface area (Å²) in [5.41, 5.74) is 1.50. The average Bonchev–Trinajstić information content (AvgIpc) is 3.78. The molecule has 3 aliphatic heterocycles. The van der Waals surface area contributed by atoms with Gasteiger partial charge in [0.1, 0.15) is 6.54 Å². The highest BCUT2D eigenvalue weighted by molar-refractivity contribution is 7.86. The van der Waals surface area contributed by atoms with E-state index in [0.29, 0.717) is 64.7 Å². The molecule has 388 valence electrons. The second-order valence-electron chi connectivity index (χ2n) is 17.8. The van der Waals surface area contributed by atoms with Crippen molar-refractivity contribution in [3.63, 3.8) is 0 Å². The smallest absolute Gasteiger partial charge is 0.333 e. The Hall–Kier alpha value is -4.66. The molecular weight excluding hydrogens is 993 g/mol. The van der Waals surface area contributed by atoms with Gasteiger partial charge >= 0.3 is 5.97 Å². The van der Waals surface area contributed by atoms with Gasteiger partial charge in [-0.1, -0.05) is 65.7 Å². The van der Waals surface area contributed by atoms with E-state index < -0.39 is 80.6 Å². The van der Waals surface area contributed by atoms with Gasteiger partial charge in [-0.2, -0.15) is 38.2 Å². The van der Waals surface area contributed by atoms with Gasteiger partial charge < -0.3 is 14.6 Å². The lowest BCUT2D eigenvalue weighted by atomic mass is 9.75. The molecule has 3 aliphatic rings. The number of benzene rings is 2. The highest BCUT2D eigenvalue weighted by atomic mass is 32.2. The first kappa shape index (κ1) is 57.9. The van der Waals surface area contributed by atoms with Gasteiger partial charge in [0.25, 0.3) is 52.3 Å². The van der Waals surface area contributed by atoms with Crippen LogP contribution in [0.4, 0.5) is 11.4 Å². The van der Waals surface area contributed by atoms with Gasteiger partial charge in [0, 0.05) is 66.7 Å². The van der Waals surface area contributed by atoms with E-state index in [1.807, 2.05) is 20.8 Å². The minimum Gasteiger partial charge on any atom is -0.344 e. The monoisotopic (exact) mass is 1060 g/mol. The molecule has 24 heteroatoms. The molecule has 5 rings (SSSR count). The molecule has 0 aliphatic carbocycles. The van der Waals surface area contributed by atoms with Crippen LogP contribution in [0.3, 0.4) is 0 Å². The third kappa shape index (κ3) is 15.2. The Bertz CT molecular complexity index is 2850. The van der Waals surface area contributed by atoms with Gasteiger partial charge in [-0.3, -0.25) is 27.8 Å². The maximum absolute atomic E-state index is 12.4. The Morgan fingerprint density at radius 1 is 0.729 bits per heavy atom. The largest absolute Gasteiger partial charge is 0.344 e. The summed E-state index contributed by atoms with van der Waals surface area (Å²) in [4.78, 5) is 44.6. The molecule has 70 heavy (non-hydrogen) atoms. The number of imide groups is 1. The molecule has 0 bridgehead atoms. The van der Waals surface area contributed by atoms with E-state index in [0.717, 1.165) is 0 Å². The molecule has 0 radical (unpaired) electrons. The van der Waals surface area contributed by atoms with Crippen molar-refractivity contribution < 1.29 is 75.7 Å². The minimum atomic E-state index is -4.66. The zero-order valence-corrected chi connectivity index (χ0v) is 43.5. The number of carbonyl (C=O) groups excluding carboxylic acids is 3. The molecule has 2 aromatic carbocycles. The highest BCUT2D eigenvalue weighted by Gasteiger charge is 2.48. The molecule has 20 nitrogen and oxygen atoms in total. The first-order valence-electron chi connectivity index (χ1n) is 22.9. The SMILES string of the molecule is CC1(CCCCCC(=O)ON2C(=O)CCC2=O)C(/C=C/C=C/C=C2/N(CCCS(=O)(=O)O)c3ccc(S(=O)(=O)O)cc3C2(C)C)=[N+](CCCS(=O)(=O)O)c2ccc(S(=O)(=O)O)cc21.CCN(CC)CC. The van der Waals surface area contributed by atoms with Gasteiger partial charge in [-0.25, -0.2) is 4.79 Å². The lowest BCUT2D eigenvalue weighted by molar-refractivity contribution is -0.437. The molecule has 0 saturated carbocycles. The van der Waals surface area contributed by atoms with Crippen molar-refractivity contribution in [1.29, 1.82) is 0 Å². The van der Waals surface area contributed by atoms with E-state index >= 15 is 0 Å². The van der Waals surface area contributed by atoms with Crippen molar-refractivity contribution in [3.8, 4) is 0 Å². The Kier molecular flexibility index (Phi) is 19.6. The summed E-state index contributed by atoms with van der Waals surface area (Å²) in [5, 5.41) is 0.472. The van der Waals surface area contributed by atoms with Crippen LogP contribution in [0.25, 0.3) is 0 Å². The van der Waals surface area contributed by atoms with Crippen LogP contribution in [0.1, 0.15) is 110 Å². The summed E-state index contributed by atoms with van der Waals surface area (Å²) in [7, 11) is -17.9. The third-order valence-electron chi connectivity index (χ3n) is 12.6. The summed E-state index contributed by atoms with van der Waals surface area (Å²) in [6, 6.07) is 8.12. The van der Waals surface area contributed by atoms with Gasteiger partial charge in [-0.05, 0) is 87.8 Å². The number of anilines is 1. The maximum atomic E-state index is 12.4. The van der Waals surface area contributed by atoms with Crippen LogP contribution in [-0.4, -0.2) is 134 Å². The zero-order chi connectivity index (χ0) is 52.5. The van der Waals surface area contributed by atoms with E-state index in [9.17, 15) is 66.3 Å². The topological polar surface area (TPSA) is 291 Å². The predicted molar refractivity (Wildman–Crippen MR) is 262 cm³/mol. The molecule has 3 heterocycles. The second-order valence-corrected chi connectivity index (χ2v) is 23.7. The number of rotatable bonds is 23. The van der Waals surface area contributed by atoms with Crippen molar-refractivity contribution in [2.75, 3.05) is 49.1 Å². The molecule has 4 N–H and O–H groups in total. The van der Waals surface area contributed by atoms with Crippen LogP contribution < -0.4 is 4.90 Å². The van der Waals surface area contributed by atoms with Gasteiger partial charge in [0.2, 0.25) is 5.69 Å². The number of fused-ring (bicyclic) bond motifs is 2. The number of allylic oxidation sites excluding steroid dienone is 6. The number of carbonyl (C=O) groups is 3. The molecule has 1 unspecified atom stereocenters. The highest BCUT2D eigenvalue weighted by Crippen LogP contribution is 2.49. The van der Waals surface area contributed by atoms with Crippen molar-refractivity contribution in [2.45, 2.75) is 120 Å². The van der Waals surface area contributed by atoms with Crippen molar-refractivity contribution in [1.82, 2.24) is 9.96 Å². The summed E-state index contributed by atoms with van der Waals surface area (Å²) < 4.78 is 136. The molecule has 2 amide bonds.